The van der Waals surface area contributed by atoms with Gasteiger partial charge in [0, 0.05) is 14.5 Å². The molecule has 9 heavy (non-hydrogen) atoms. The van der Waals surface area contributed by atoms with E-state index in [0.29, 0.717) is 6.42 Å². The average Bonchev–Trinajstić information content (AvgIpc) is 1.94. The van der Waals surface area contributed by atoms with Crippen LogP contribution < -0.4 is 0 Å². The molecule has 0 radical (unpaired) electrons. The molecule has 1 rings (SSSR count). The minimum atomic E-state index is -1.59. The van der Waals surface area contributed by atoms with Crippen molar-refractivity contribution in [3.05, 3.63) is 0 Å². The van der Waals surface area contributed by atoms with Crippen molar-refractivity contribution in [2.75, 3.05) is 0 Å². The normalized spacial score (nSPS) is 42.1. The van der Waals surface area contributed by atoms with Gasteiger partial charge in [-0.3, -0.25) is 4.79 Å². The third-order valence-corrected chi connectivity index (χ3v) is 1.81. The number of hydrogen-bond donors (Lipinski definition) is 0. The zero-order chi connectivity index (χ0) is 8.86. The molecule has 0 spiro atoms. The van der Waals surface area contributed by atoms with Crippen LogP contribution in [0.2, 0.25) is 0 Å². The number of ketones is 1. The van der Waals surface area contributed by atoms with E-state index in [1.54, 1.807) is 6.92 Å². The standard InChI is InChI=1S/C8H14O/c1-6-4-7(9)8(2,3)5-6/h6H,4-5H2,1-3H3/i4D2. The van der Waals surface area contributed by atoms with Crippen LogP contribution in [0.25, 0.3) is 0 Å². The van der Waals surface area contributed by atoms with Crippen LogP contribution >= 0.6 is 0 Å². The van der Waals surface area contributed by atoms with Gasteiger partial charge in [-0.25, -0.2) is 0 Å². The first-order valence-electron chi connectivity index (χ1n) is 4.33. The topological polar surface area (TPSA) is 17.1 Å². The van der Waals surface area contributed by atoms with Gasteiger partial charge < -0.3 is 0 Å². The van der Waals surface area contributed by atoms with Crippen LogP contribution in [0.15, 0.2) is 0 Å². The van der Waals surface area contributed by atoms with Gasteiger partial charge in [-0.1, -0.05) is 20.8 Å². The minimum absolute atomic E-state index is 0.134. The summed E-state index contributed by atoms with van der Waals surface area (Å²) in [6, 6.07) is 0. The SMILES string of the molecule is [2H]C1([2H])C(=O)C(C)(C)CC1C. The van der Waals surface area contributed by atoms with Crippen LogP contribution in [-0.2, 0) is 4.79 Å². The monoisotopic (exact) mass is 128 g/mol. The van der Waals surface area contributed by atoms with E-state index in [4.69, 9.17) is 2.74 Å². The van der Waals surface area contributed by atoms with E-state index in [-0.39, 0.29) is 11.7 Å². The van der Waals surface area contributed by atoms with Crippen molar-refractivity contribution >= 4 is 5.78 Å². The molecule has 0 aromatic heterocycles. The number of carbonyl (C=O) groups excluding carboxylic acids is 1. The zero-order valence-electron chi connectivity index (χ0n) is 8.19. The number of hydrogen-bond acceptors (Lipinski definition) is 1. The zero-order valence-corrected chi connectivity index (χ0v) is 6.19. The fourth-order valence-corrected chi connectivity index (χ4v) is 1.33. The van der Waals surface area contributed by atoms with Gasteiger partial charge >= 0.3 is 0 Å². The van der Waals surface area contributed by atoms with Crippen molar-refractivity contribution in [3.8, 4) is 0 Å². The van der Waals surface area contributed by atoms with Crippen molar-refractivity contribution < 1.29 is 7.54 Å². The maximum absolute atomic E-state index is 11.4. The second-order valence-electron chi connectivity index (χ2n) is 3.46. The second kappa shape index (κ2) is 1.83. The minimum Gasteiger partial charge on any atom is -0.299 e. The van der Waals surface area contributed by atoms with Crippen LogP contribution in [-0.4, -0.2) is 5.78 Å². The van der Waals surface area contributed by atoms with Gasteiger partial charge in [0.05, 0.1) is 0 Å². The summed E-state index contributed by atoms with van der Waals surface area (Å²) >= 11 is 0. The Morgan fingerprint density at radius 3 is 2.44 bits per heavy atom. The van der Waals surface area contributed by atoms with Crippen molar-refractivity contribution in [3.63, 3.8) is 0 Å². The predicted octanol–water partition coefficient (Wildman–Crippen LogP) is 2.01. The van der Waals surface area contributed by atoms with Crippen LogP contribution in [0.5, 0.6) is 0 Å². The highest BCUT2D eigenvalue weighted by Crippen LogP contribution is 2.37. The fraction of sp³-hybridized carbons (Fsp3) is 0.875. The lowest BCUT2D eigenvalue weighted by molar-refractivity contribution is -0.124. The summed E-state index contributed by atoms with van der Waals surface area (Å²) in [5.74, 6) is -0.373. The van der Waals surface area contributed by atoms with Gasteiger partial charge in [0.15, 0.2) is 0 Å². The van der Waals surface area contributed by atoms with Gasteiger partial charge in [0.2, 0.25) is 0 Å². The molecule has 1 atom stereocenters. The molecule has 0 amide bonds. The molecule has 0 aromatic carbocycles. The summed E-state index contributed by atoms with van der Waals surface area (Å²) in [6.07, 6.45) is -0.928. The molecular formula is C8H14O. The van der Waals surface area contributed by atoms with Crippen molar-refractivity contribution in [2.24, 2.45) is 11.3 Å². The summed E-state index contributed by atoms with van der Waals surface area (Å²) in [6.45, 7) is 5.43. The highest BCUT2D eigenvalue weighted by Gasteiger charge is 2.36. The van der Waals surface area contributed by atoms with Crippen LogP contribution in [0, 0.1) is 11.3 Å². The quantitative estimate of drug-likeness (QED) is 0.487. The Morgan fingerprint density at radius 2 is 2.33 bits per heavy atom. The smallest absolute Gasteiger partial charge is 0.138 e. The van der Waals surface area contributed by atoms with Gasteiger partial charge in [0.1, 0.15) is 5.78 Å². The average molecular weight is 128 g/mol. The van der Waals surface area contributed by atoms with E-state index in [9.17, 15) is 4.79 Å². The first-order valence-corrected chi connectivity index (χ1v) is 3.33. The van der Waals surface area contributed by atoms with Crippen LogP contribution in [0.3, 0.4) is 0 Å². The Bertz CT molecular complexity index is 196. The third-order valence-electron chi connectivity index (χ3n) is 1.81. The molecule has 1 heteroatoms. The summed E-state index contributed by atoms with van der Waals surface area (Å²) in [5, 5.41) is 0. The first-order chi connectivity index (χ1) is 4.78. The van der Waals surface area contributed by atoms with E-state index in [1.165, 1.54) is 0 Å². The third kappa shape index (κ3) is 1.15. The van der Waals surface area contributed by atoms with Gasteiger partial charge in [-0.05, 0) is 12.3 Å². The molecule has 1 aliphatic rings. The Morgan fingerprint density at radius 1 is 1.78 bits per heavy atom. The summed E-state index contributed by atoms with van der Waals surface area (Å²) in [4.78, 5) is 11.4. The summed E-state index contributed by atoms with van der Waals surface area (Å²) in [5.41, 5.74) is -0.455. The van der Waals surface area contributed by atoms with E-state index >= 15 is 0 Å². The molecule has 0 bridgehead atoms. The van der Waals surface area contributed by atoms with Crippen molar-refractivity contribution in [2.45, 2.75) is 33.6 Å². The molecule has 0 N–H and O–H groups in total. The first kappa shape index (κ1) is 4.48. The number of Topliss-reactive ketones (excluding diaryl/α,β-unsaturated/α-hetero) is 1. The number of rotatable bonds is 0. The molecule has 1 unspecified atom stereocenters. The van der Waals surface area contributed by atoms with E-state index in [1.807, 2.05) is 13.8 Å². The Kier molecular flexibility index (Phi) is 0.909. The molecule has 1 fully saturated rings. The Balaban J connectivity index is 2.99. The molecule has 0 saturated heterocycles. The number of carbonyl (C=O) groups is 1. The largest absolute Gasteiger partial charge is 0.299 e. The molecule has 1 nitrogen and oxygen atoms in total. The molecule has 1 saturated carbocycles. The van der Waals surface area contributed by atoms with E-state index in [0.717, 1.165) is 0 Å². The Hall–Kier alpha value is -0.330. The predicted molar refractivity (Wildman–Crippen MR) is 37.2 cm³/mol. The summed E-state index contributed by atoms with van der Waals surface area (Å²) in [7, 11) is 0. The van der Waals surface area contributed by atoms with Gasteiger partial charge in [0.25, 0.3) is 0 Å². The van der Waals surface area contributed by atoms with Crippen LogP contribution in [0.1, 0.15) is 36.3 Å². The lowest BCUT2D eigenvalue weighted by Crippen LogP contribution is -2.15. The maximum atomic E-state index is 11.4. The van der Waals surface area contributed by atoms with E-state index in [2.05, 4.69) is 0 Å². The van der Waals surface area contributed by atoms with Crippen LogP contribution in [0.4, 0.5) is 0 Å². The maximum Gasteiger partial charge on any atom is 0.138 e. The van der Waals surface area contributed by atoms with Crippen molar-refractivity contribution in [1.29, 1.82) is 0 Å². The highest BCUT2D eigenvalue weighted by atomic mass is 16.1. The lowest BCUT2D eigenvalue weighted by atomic mass is 9.90. The van der Waals surface area contributed by atoms with Gasteiger partial charge in [-0.2, -0.15) is 0 Å². The molecule has 1 aliphatic carbocycles. The molecular weight excluding hydrogens is 112 g/mol. The second-order valence-corrected chi connectivity index (χ2v) is 3.46. The molecule has 0 aromatic rings. The highest BCUT2D eigenvalue weighted by molar-refractivity contribution is 5.86. The lowest BCUT2D eigenvalue weighted by Gasteiger charge is -2.13. The summed E-state index contributed by atoms with van der Waals surface area (Å²) < 4.78 is 14.9. The van der Waals surface area contributed by atoms with Gasteiger partial charge in [-0.15, -0.1) is 0 Å². The van der Waals surface area contributed by atoms with E-state index < -0.39 is 11.8 Å². The molecule has 0 heterocycles. The fourth-order valence-electron chi connectivity index (χ4n) is 1.33. The molecule has 0 aliphatic heterocycles. The Labute approximate surface area is 59.3 Å². The van der Waals surface area contributed by atoms with Crippen molar-refractivity contribution in [1.82, 2.24) is 0 Å². The molecule has 52 valence electrons.